The number of aliphatic imine (C=N–C) groups is 1. The molecule has 1 aliphatic heterocycles. The SMILES string of the molecule is CCC(CC)C(=O)N1CCC(NC(=NC)NCCNC(C)(C)C)CC1.I. The number of hydrogen-bond donors (Lipinski definition) is 3. The first-order valence-electron chi connectivity index (χ1n) is 9.81. The van der Waals surface area contributed by atoms with Crippen LogP contribution in [0.25, 0.3) is 0 Å². The molecule has 1 amide bonds. The zero-order valence-electron chi connectivity index (χ0n) is 17.5. The molecule has 7 heteroatoms. The first kappa shape index (κ1) is 25.4. The number of hydrogen-bond acceptors (Lipinski definition) is 3. The fourth-order valence-corrected chi connectivity index (χ4v) is 3.15. The summed E-state index contributed by atoms with van der Waals surface area (Å²) in [7, 11) is 1.80. The van der Waals surface area contributed by atoms with Crippen LogP contribution in [0.15, 0.2) is 4.99 Å². The van der Waals surface area contributed by atoms with Gasteiger partial charge in [0, 0.05) is 50.7 Å². The molecule has 0 aliphatic carbocycles. The molecule has 6 nitrogen and oxygen atoms in total. The number of piperidine rings is 1. The lowest BCUT2D eigenvalue weighted by Crippen LogP contribution is -2.51. The number of nitrogens with zero attached hydrogens (tertiary/aromatic N) is 2. The van der Waals surface area contributed by atoms with Crippen molar-refractivity contribution in [3.63, 3.8) is 0 Å². The first-order chi connectivity index (χ1) is 11.8. The Morgan fingerprint density at radius 1 is 1.15 bits per heavy atom. The van der Waals surface area contributed by atoms with Crippen LogP contribution in [-0.4, -0.2) is 61.6 Å². The van der Waals surface area contributed by atoms with Gasteiger partial charge in [0.25, 0.3) is 0 Å². The maximum Gasteiger partial charge on any atom is 0.225 e. The molecule has 26 heavy (non-hydrogen) atoms. The van der Waals surface area contributed by atoms with Gasteiger partial charge in [-0.25, -0.2) is 0 Å². The van der Waals surface area contributed by atoms with E-state index in [1.165, 1.54) is 0 Å². The topological polar surface area (TPSA) is 68.8 Å². The van der Waals surface area contributed by atoms with Gasteiger partial charge in [0.2, 0.25) is 5.91 Å². The number of amides is 1. The lowest BCUT2D eigenvalue weighted by atomic mass is 9.98. The molecule has 3 N–H and O–H groups in total. The predicted molar refractivity (Wildman–Crippen MR) is 121 cm³/mol. The summed E-state index contributed by atoms with van der Waals surface area (Å²) in [4.78, 5) is 18.8. The van der Waals surface area contributed by atoms with E-state index in [1.54, 1.807) is 7.05 Å². The molecule has 0 aromatic carbocycles. The van der Waals surface area contributed by atoms with Crippen molar-refractivity contribution in [2.24, 2.45) is 10.9 Å². The van der Waals surface area contributed by atoms with E-state index in [0.717, 1.165) is 57.8 Å². The van der Waals surface area contributed by atoms with Gasteiger partial charge in [0.15, 0.2) is 5.96 Å². The number of carbonyl (C=O) groups is 1. The van der Waals surface area contributed by atoms with Crippen LogP contribution in [-0.2, 0) is 4.79 Å². The summed E-state index contributed by atoms with van der Waals surface area (Å²) >= 11 is 0. The van der Waals surface area contributed by atoms with E-state index in [9.17, 15) is 4.79 Å². The van der Waals surface area contributed by atoms with Gasteiger partial charge in [0.05, 0.1) is 0 Å². The second-order valence-corrected chi connectivity index (χ2v) is 7.93. The molecule has 1 saturated heterocycles. The lowest BCUT2D eigenvalue weighted by Gasteiger charge is -2.35. The number of carbonyl (C=O) groups excluding carboxylic acids is 1. The van der Waals surface area contributed by atoms with E-state index in [4.69, 9.17) is 0 Å². The average molecular weight is 481 g/mol. The maximum absolute atomic E-state index is 12.5. The highest BCUT2D eigenvalue weighted by molar-refractivity contribution is 14.0. The molecule has 1 fully saturated rings. The van der Waals surface area contributed by atoms with Crippen LogP contribution in [0.5, 0.6) is 0 Å². The van der Waals surface area contributed by atoms with Crippen LogP contribution in [0.1, 0.15) is 60.3 Å². The van der Waals surface area contributed by atoms with Gasteiger partial charge in [-0.15, -0.1) is 24.0 Å². The maximum atomic E-state index is 12.5. The fraction of sp³-hybridized carbons (Fsp3) is 0.895. The Labute approximate surface area is 177 Å². The van der Waals surface area contributed by atoms with Crippen LogP contribution in [0, 0.1) is 5.92 Å². The molecule has 0 unspecified atom stereocenters. The minimum atomic E-state index is 0. The quantitative estimate of drug-likeness (QED) is 0.226. The van der Waals surface area contributed by atoms with Crippen molar-refractivity contribution in [3.05, 3.63) is 0 Å². The Bertz CT molecular complexity index is 424. The zero-order chi connectivity index (χ0) is 18.9. The molecule has 0 bridgehead atoms. The van der Waals surface area contributed by atoms with E-state index >= 15 is 0 Å². The van der Waals surface area contributed by atoms with Gasteiger partial charge in [-0.05, 0) is 46.5 Å². The Kier molecular flexibility index (Phi) is 12.5. The van der Waals surface area contributed by atoms with Crippen molar-refractivity contribution in [2.75, 3.05) is 33.2 Å². The molecule has 154 valence electrons. The Hall–Kier alpha value is -0.570. The highest BCUT2D eigenvalue weighted by Crippen LogP contribution is 2.17. The summed E-state index contributed by atoms with van der Waals surface area (Å²) in [6, 6.07) is 0.382. The van der Waals surface area contributed by atoms with Crippen molar-refractivity contribution in [2.45, 2.75) is 71.9 Å². The summed E-state index contributed by atoms with van der Waals surface area (Å²) in [5.74, 6) is 1.37. The van der Waals surface area contributed by atoms with Crippen molar-refractivity contribution >= 4 is 35.8 Å². The second kappa shape index (κ2) is 12.8. The van der Waals surface area contributed by atoms with Crippen LogP contribution < -0.4 is 16.0 Å². The van der Waals surface area contributed by atoms with Crippen molar-refractivity contribution < 1.29 is 4.79 Å². The molecular formula is C19H40IN5O. The third kappa shape index (κ3) is 9.39. The standard InChI is InChI=1S/C19H39N5O.HI/c1-7-15(8-2)17(25)24-13-9-16(10-14-24)23-18(20-6)21-11-12-22-19(3,4)5;/h15-16,22H,7-14H2,1-6H3,(H2,20,21,23);1H. The number of likely N-dealkylation sites (tertiary alicyclic amines) is 1. The largest absolute Gasteiger partial charge is 0.355 e. The second-order valence-electron chi connectivity index (χ2n) is 7.93. The van der Waals surface area contributed by atoms with Crippen molar-refractivity contribution in [1.29, 1.82) is 0 Å². The molecule has 0 radical (unpaired) electrons. The van der Waals surface area contributed by atoms with E-state index in [2.05, 4.69) is 55.6 Å². The van der Waals surface area contributed by atoms with Crippen LogP contribution >= 0.6 is 24.0 Å². The first-order valence-corrected chi connectivity index (χ1v) is 9.81. The molecule has 1 aliphatic rings. The van der Waals surface area contributed by atoms with E-state index in [-0.39, 0.29) is 35.4 Å². The number of rotatable bonds is 7. The molecule has 1 rings (SSSR count). The molecule has 0 saturated carbocycles. The number of halogens is 1. The fourth-order valence-electron chi connectivity index (χ4n) is 3.15. The van der Waals surface area contributed by atoms with Crippen LogP contribution in [0.4, 0.5) is 0 Å². The molecule has 1 heterocycles. The molecular weight excluding hydrogens is 441 g/mol. The minimum absolute atomic E-state index is 0. The van der Waals surface area contributed by atoms with Gasteiger partial charge < -0.3 is 20.9 Å². The summed E-state index contributed by atoms with van der Waals surface area (Å²) in [6.45, 7) is 14.1. The number of guanidine groups is 1. The van der Waals surface area contributed by atoms with Crippen molar-refractivity contribution in [1.82, 2.24) is 20.9 Å². The predicted octanol–water partition coefficient (Wildman–Crippen LogP) is 2.58. The summed E-state index contributed by atoms with van der Waals surface area (Å²) < 4.78 is 0. The van der Waals surface area contributed by atoms with Crippen LogP contribution in [0.3, 0.4) is 0 Å². The van der Waals surface area contributed by atoms with Gasteiger partial charge in [-0.1, -0.05) is 13.8 Å². The highest BCUT2D eigenvalue weighted by Gasteiger charge is 2.26. The molecule has 0 aromatic rings. The Morgan fingerprint density at radius 2 is 1.73 bits per heavy atom. The smallest absolute Gasteiger partial charge is 0.225 e. The lowest BCUT2D eigenvalue weighted by molar-refractivity contribution is -0.136. The summed E-state index contributed by atoms with van der Waals surface area (Å²) in [6.07, 6.45) is 3.83. The summed E-state index contributed by atoms with van der Waals surface area (Å²) in [5.41, 5.74) is 0.132. The highest BCUT2D eigenvalue weighted by atomic mass is 127. The number of nitrogens with one attached hydrogen (secondary N) is 3. The minimum Gasteiger partial charge on any atom is -0.355 e. The van der Waals surface area contributed by atoms with Gasteiger partial charge in [-0.2, -0.15) is 0 Å². The third-order valence-electron chi connectivity index (χ3n) is 4.78. The Morgan fingerprint density at radius 3 is 2.19 bits per heavy atom. The Balaban J connectivity index is 0.00000625. The monoisotopic (exact) mass is 481 g/mol. The van der Waals surface area contributed by atoms with E-state index in [1.807, 2.05) is 4.90 Å². The molecule has 0 atom stereocenters. The third-order valence-corrected chi connectivity index (χ3v) is 4.78. The van der Waals surface area contributed by atoms with E-state index < -0.39 is 0 Å². The molecule has 0 spiro atoms. The van der Waals surface area contributed by atoms with Crippen molar-refractivity contribution in [3.8, 4) is 0 Å². The van der Waals surface area contributed by atoms with Crippen LogP contribution in [0.2, 0.25) is 0 Å². The van der Waals surface area contributed by atoms with Gasteiger partial charge >= 0.3 is 0 Å². The van der Waals surface area contributed by atoms with E-state index in [0.29, 0.717) is 11.9 Å². The van der Waals surface area contributed by atoms with Gasteiger partial charge in [0.1, 0.15) is 0 Å². The summed E-state index contributed by atoms with van der Waals surface area (Å²) in [5, 5.41) is 10.3. The normalized spacial score (nSPS) is 16.4. The van der Waals surface area contributed by atoms with Gasteiger partial charge in [-0.3, -0.25) is 9.79 Å². The average Bonchev–Trinajstić information content (AvgIpc) is 2.58. The zero-order valence-corrected chi connectivity index (χ0v) is 19.9. The molecule has 0 aromatic heterocycles.